The molecule has 24 heavy (non-hydrogen) atoms. The summed E-state index contributed by atoms with van der Waals surface area (Å²) >= 11 is 0. The molecule has 0 saturated carbocycles. The number of hydrogen-bond acceptors (Lipinski definition) is 2. The van der Waals surface area contributed by atoms with Crippen molar-refractivity contribution >= 4 is 0 Å². The highest BCUT2D eigenvalue weighted by Gasteiger charge is 2.18. The maximum Gasteiger partial charge on any atom is 0.0236 e. The van der Waals surface area contributed by atoms with Crippen molar-refractivity contribution in [1.29, 1.82) is 0 Å². The first-order valence-corrected chi connectivity index (χ1v) is 9.18. The normalized spacial score (nSPS) is 13.2. The van der Waals surface area contributed by atoms with Gasteiger partial charge in [-0.1, -0.05) is 50.2 Å². The number of rotatable bonds is 6. The van der Waals surface area contributed by atoms with Gasteiger partial charge in [-0.05, 0) is 73.4 Å². The van der Waals surface area contributed by atoms with Gasteiger partial charge in [0, 0.05) is 13.1 Å². The van der Waals surface area contributed by atoms with E-state index in [2.05, 4.69) is 74.1 Å². The topological polar surface area (TPSA) is 6.48 Å². The summed E-state index contributed by atoms with van der Waals surface area (Å²) in [7, 11) is 4.33. The molecule has 0 aliphatic heterocycles. The largest absolute Gasteiger partial charge is 0.305 e. The summed E-state index contributed by atoms with van der Waals surface area (Å²) in [6.07, 6.45) is 2.16. The molecule has 0 spiro atoms. The highest BCUT2D eigenvalue weighted by molar-refractivity contribution is 5.48. The summed E-state index contributed by atoms with van der Waals surface area (Å²) in [6, 6.07) is 13.9. The van der Waals surface area contributed by atoms with Gasteiger partial charge in [0.1, 0.15) is 0 Å². The van der Waals surface area contributed by atoms with Crippen LogP contribution in [0, 0.1) is 0 Å². The van der Waals surface area contributed by atoms with Crippen LogP contribution in [0.5, 0.6) is 0 Å². The quantitative estimate of drug-likeness (QED) is 0.674. The van der Waals surface area contributed by atoms with E-state index in [-0.39, 0.29) is 0 Å². The maximum absolute atomic E-state index is 2.51. The van der Waals surface area contributed by atoms with Gasteiger partial charge in [0.05, 0.1) is 0 Å². The van der Waals surface area contributed by atoms with Gasteiger partial charge >= 0.3 is 0 Å². The van der Waals surface area contributed by atoms with Gasteiger partial charge in [-0.2, -0.15) is 0 Å². The predicted molar refractivity (Wildman–Crippen MR) is 103 cm³/mol. The molecule has 0 unspecified atom stereocenters. The Morgan fingerprint density at radius 1 is 0.750 bits per heavy atom. The zero-order chi connectivity index (χ0) is 17.1. The third-order valence-corrected chi connectivity index (χ3v) is 5.18. The van der Waals surface area contributed by atoms with Gasteiger partial charge in [0.25, 0.3) is 0 Å². The van der Waals surface area contributed by atoms with E-state index in [9.17, 15) is 0 Å². The summed E-state index contributed by atoms with van der Waals surface area (Å²) in [5, 5.41) is 0. The zero-order valence-corrected chi connectivity index (χ0v) is 15.6. The van der Waals surface area contributed by atoms with Gasteiger partial charge in [-0.25, -0.2) is 0 Å². The first-order chi connectivity index (χ1) is 11.6. The van der Waals surface area contributed by atoms with Crippen molar-refractivity contribution in [1.82, 2.24) is 9.80 Å². The lowest BCUT2D eigenvalue weighted by Gasteiger charge is -2.26. The second kappa shape index (κ2) is 7.50. The van der Waals surface area contributed by atoms with Crippen LogP contribution in [0.4, 0.5) is 0 Å². The minimum absolute atomic E-state index is 1.02. The summed E-state index contributed by atoms with van der Waals surface area (Å²) in [6.45, 7) is 8.81. The smallest absolute Gasteiger partial charge is 0.0236 e. The lowest BCUT2D eigenvalue weighted by molar-refractivity contribution is 0.293. The van der Waals surface area contributed by atoms with Crippen molar-refractivity contribution in [3.63, 3.8) is 0 Å². The van der Waals surface area contributed by atoms with Gasteiger partial charge in [0.2, 0.25) is 0 Å². The summed E-state index contributed by atoms with van der Waals surface area (Å²) < 4.78 is 0. The fourth-order valence-corrected chi connectivity index (χ4v) is 3.76. The second-order valence-electron chi connectivity index (χ2n) is 7.21. The Morgan fingerprint density at radius 2 is 1.25 bits per heavy atom. The van der Waals surface area contributed by atoms with Gasteiger partial charge in [-0.3, -0.25) is 4.90 Å². The fraction of sp³-hybridized carbons (Fsp3) is 0.455. The molecule has 0 heterocycles. The van der Waals surface area contributed by atoms with Gasteiger partial charge < -0.3 is 4.90 Å². The van der Waals surface area contributed by atoms with E-state index < -0.39 is 0 Å². The molecule has 2 heteroatoms. The van der Waals surface area contributed by atoms with Crippen LogP contribution in [0.3, 0.4) is 0 Å². The molecular formula is C22H30N2. The van der Waals surface area contributed by atoms with Crippen LogP contribution in [-0.4, -0.2) is 37.0 Å². The molecule has 0 radical (unpaired) electrons. The summed E-state index contributed by atoms with van der Waals surface area (Å²) in [5.41, 5.74) is 9.04. The first kappa shape index (κ1) is 17.2. The van der Waals surface area contributed by atoms with Crippen LogP contribution in [-0.2, 0) is 25.9 Å². The molecule has 0 fully saturated rings. The van der Waals surface area contributed by atoms with E-state index in [1.165, 1.54) is 33.4 Å². The van der Waals surface area contributed by atoms with Crippen molar-refractivity contribution in [2.45, 2.75) is 39.8 Å². The molecule has 2 nitrogen and oxygen atoms in total. The fourth-order valence-electron chi connectivity index (χ4n) is 3.76. The van der Waals surface area contributed by atoms with E-state index in [1.54, 1.807) is 0 Å². The molecule has 0 amide bonds. The van der Waals surface area contributed by atoms with Crippen LogP contribution >= 0.6 is 0 Å². The Balaban J connectivity index is 1.97. The van der Waals surface area contributed by atoms with Gasteiger partial charge in [-0.15, -0.1) is 0 Å². The monoisotopic (exact) mass is 322 g/mol. The van der Waals surface area contributed by atoms with Crippen LogP contribution in [0.2, 0.25) is 0 Å². The molecule has 1 aliphatic carbocycles. The van der Waals surface area contributed by atoms with Crippen molar-refractivity contribution in [3.05, 3.63) is 69.8 Å². The Bertz CT molecular complexity index is 699. The molecule has 128 valence electrons. The maximum atomic E-state index is 2.51. The molecule has 0 aromatic heterocycles. The highest BCUT2D eigenvalue weighted by Crippen LogP contribution is 2.30. The average molecular weight is 322 g/mol. The second-order valence-corrected chi connectivity index (χ2v) is 7.21. The Labute approximate surface area is 147 Å². The number of benzene rings is 2. The standard InChI is InChI=1S/C22H30N2/c1-5-24(6-2)16-22-14-20-12-18-10-8-7-9-17(18)11-19(20)13-21(22)15-23(3)4/h7-10,13-14H,5-6,11-12,15-16H2,1-4H3. The lowest BCUT2D eigenvalue weighted by Crippen LogP contribution is -2.24. The molecule has 0 atom stereocenters. The Hall–Kier alpha value is -1.64. The van der Waals surface area contributed by atoms with Crippen molar-refractivity contribution < 1.29 is 0 Å². The summed E-state index contributed by atoms with van der Waals surface area (Å²) in [5.74, 6) is 0. The van der Waals surface area contributed by atoms with Crippen LogP contribution in [0.25, 0.3) is 0 Å². The van der Waals surface area contributed by atoms with Crippen LogP contribution in [0.15, 0.2) is 36.4 Å². The number of hydrogen-bond donors (Lipinski definition) is 0. The van der Waals surface area contributed by atoms with Crippen LogP contribution < -0.4 is 0 Å². The third-order valence-electron chi connectivity index (χ3n) is 5.18. The molecule has 1 aliphatic rings. The zero-order valence-electron chi connectivity index (χ0n) is 15.6. The average Bonchev–Trinajstić information content (AvgIpc) is 2.57. The van der Waals surface area contributed by atoms with Gasteiger partial charge in [0.15, 0.2) is 0 Å². The van der Waals surface area contributed by atoms with E-state index in [4.69, 9.17) is 0 Å². The molecular weight excluding hydrogens is 292 g/mol. The number of fused-ring (bicyclic) bond motifs is 2. The molecule has 3 rings (SSSR count). The lowest BCUT2D eigenvalue weighted by atomic mass is 9.83. The number of nitrogens with zero attached hydrogens (tertiary/aromatic N) is 2. The summed E-state index contributed by atoms with van der Waals surface area (Å²) in [4.78, 5) is 4.79. The molecule has 2 aromatic rings. The van der Waals surface area contributed by atoms with E-state index in [1.807, 2.05) is 0 Å². The minimum Gasteiger partial charge on any atom is -0.305 e. The minimum atomic E-state index is 1.02. The van der Waals surface area contributed by atoms with Crippen LogP contribution in [0.1, 0.15) is 47.2 Å². The highest BCUT2D eigenvalue weighted by atomic mass is 15.1. The SMILES string of the molecule is CCN(CC)Cc1cc2c(cc1CN(C)C)Cc1ccccc1C2. The van der Waals surface area contributed by atoms with E-state index in [0.29, 0.717) is 0 Å². The van der Waals surface area contributed by atoms with Crippen molar-refractivity contribution in [2.24, 2.45) is 0 Å². The van der Waals surface area contributed by atoms with Crippen molar-refractivity contribution in [3.8, 4) is 0 Å². The first-order valence-electron chi connectivity index (χ1n) is 9.18. The predicted octanol–water partition coefficient (Wildman–Crippen LogP) is 4.09. The molecule has 0 saturated heterocycles. The third kappa shape index (κ3) is 3.71. The van der Waals surface area contributed by atoms with Crippen molar-refractivity contribution in [2.75, 3.05) is 27.2 Å². The molecule has 2 aromatic carbocycles. The Kier molecular flexibility index (Phi) is 5.37. The molecule has 0 N–H and O–H groups in total. The Morgan fingerprint density at radius 3 is 1.71 bits per heavy atom. The van der Waals surface area contributed by atoms with E-state index in [0.717, 1.165) is 39.0 Å². The molecule has 0 bridgehead atoms. The van der Waals surface area contributed by atoms with E-state index >= 15 is 0 Å².